The maximum absolute atomic E-state index is 13.7. The van der Waals surface area contributed by atoms with Gasteiger partial charge in [-0.3, -0.25) is 4.79 Å². The largest absolute Gasteiger partial charge is 0.497 e. The number of amides is 1. The van der Waals surface area contributed by atoms with Crippen LogP contribution in [0.4, 0.5) is 19.0 Å². The Morgan fingerprint density at radius 2 is 1.89 bits per heavy atom. The number of nitrogens with zero attached hydrogens (tertiary/aromatic N) is 2. The van der Waals surface area contributed by atoms with E-state index in [0.29, 0.717) is 11.3 Å². The zero-order valence-corrected chi connectivity index (χ0v) is 16.1. The molecule has 152 valence electrons. The predicted octanol–water partition coefficient (Wildman–Crippen LogP) is 4.08. The van der Waals surface area contributed by atoms with E-state index in [0.717, 1.165) is 4.68 Å². The minimum absolute atomic E-state index is 0.0659. The van der Waals surface area contributed by atoms with Crippen molar-refractivity contribution in [1.82, 2.24) is 15.1 Å². The Morgan fingerprint density at radius 3 is 2.43 bits per heavy atom. The van der Waals surface area contributed by atoms with E-state index >= 15 is 0 Å². The molecule has 0 radical (unpaired) electrons. The summed E-state index contributed by atoms with van der Waals surface area (Å²) in [5, 5.41) is 9.70. The fraction of sp³-hybridized carbons (Fsp3) is 0.474. The van der Waals surface area contributed by atoms with Gasteiger partial charge in [0, 0.05) is 12.0 Å². The van der Waals surface area contributed by atoms with Crippen LogP contribution in [0.1, 0.15) is 55.2 Å². The van der Waals surface area contributed by atoms with Gasteiger partial charge in [-0.25, -0.2) is 4.68 Å². The van der Waals surface area contributed by atoms with Crippen LogP contribution in [-0.2, 0) is 0 Å². The minimum Gasteiger partial charge on any atom is -0.497 e. The lowest BCUT2D eigenvalue weighted by Gasteiger charge is -2.34. The van der Waals surface area contributed by atoms with Gasteiger partial charge in [-0.1, -0.05) is 12.1 Å². The predicted molar refractivity (Wildman–Crippen MR) is 98.5 cm³/mol. The fourth-order valence-corrected chi connectivity index (χ4v) is 3.19. The van der Waals surface area contributed by atoms with Crippen LogP contribution >= 0.6 is 0 Å². The topological polar surface area (TPSA) is 68.2 Å². The van der Waals surface area contributed by atoms with E-state index in [1.54, 1.807) is 45.0 Å². The Kier molecular flexibility index (Phi) is 5.03. The molecule has 1 aromatic carbocycles. The zero-order valence-electron chi connectivity index (χ0n) is 16.1. The monoisotopic (exact) mass is 396 g/mol. The second kappa shape index (κ2) is 7.03. The molecule has 9 heteroatoms. The number of carbonyl (C=O) groups excluding carboxylic acids is 1. The molecular weight excluding hydrogens is 373 g/mol. The molecule has 0 unspecified atom stereocenters. The summed E-state index contributed by atoms with van der Waals surface area (Å²) < 4.78 is 47.1. The lowest BCUT2D eigenvalue weighted by Crippen LogP contribution is -2.41. The highest BCUT2D eigenvalue weighted by molar-refractivity contribution is 5.99. The number of ether oxygens (including phenoxy) is 1. The van der Waals surface area contributed by atoms with Crippen molar-refractivity contribution in [1.29, 1.82) is 0 Å². The van der Waals surface area contributed by atoms with Crippen LogP contribution < -0.4 is 15.4 Å². The van der Waals surface area contributed by atoms with Gasteiger partial charge in [0.2, 0.25) is 0 Å². The third-order valence-corrected chi connectivity index (χ3v) is 4.49. The maximum atomic E-state index is 13.7. The van der Waals surface area contributed by atoms with Gasteiger partial charge in [-0.05, 0) is 38.5 Å². The Hall–Kier alpha value is -2.71. The van der Waals surface area contributed by atoms with Crippen molar-refractivity contribution in [3.8, 4) is 5.75 Å². The van der Waals surface area contributed by atoms with Gasteiger partial charge in [-0.15, -0.1) is 0 Å². The van der Waals surface area contributed by atoms with E-state index in [4.69, 9.17) is 4.74 Å². The summed E-state index contributed by atoms with van der Waals surface area (Å²) in [6.45, 7) is 5.40. The molecule has 3 rings (SSSR count). The van der Waals surface area contributed by atoms with Crippen molar-refractivity contribution in [2.24, 2.45) is 0 Å². The molecule has 0 saturated heterocycles. The van der Waals surface area contributed by atoms with Crippen molar-refractivity contribution in [3.63, 3.8) is 0 Å². The molecule has 0 bridgehead atoms. The number of methoxy groups -OCH3 is 1. The van der Waals surface area contributed by atoms with E-state index in [1.165, 1.54) is 13.3 Å². The van der Waals surface area contributed by atoms with Gasteiger partial charge < -0.3 is 15.4 Å². The molecule has 0 fully saturated rings. The van der Waals surface area contributed by atoms with Crippen LogP contribution in [0, 0.1) is 0 Å². The fourth-order valence-electron chi connectivity index (χ4n) is 3.19. The van der Waals surface area contributed by atoms with Crippen LogP contribution in [0.25, 0.3) is 0 Å². The first-order chi connectivity index (χ1) is 13.0. The van der Waals surface area contributed by atoms with Crippen molar-refractivity contribution in [2.45, 2.75) is 51.0 Å². The second-order valence-corrected chi connectivity index (χ2v) is 7.82. The molecule has 2 aromatic rings. The van der Waals surface area contributed by atoms with E-state index < -0.39 is 29.7 Å². The number of nitrogens with one attached hydrogen (secondary N) is 2. The van der Waals surface area contributed by atoms with E-state index in [9.17, 15) is 18.0 Å². The molecule has 2 heterocycles. The number of hydrogen-bond donors (Lipinski definition) is 2. The summed E-state index contributed by atoms with van der Waals surface area (Å²) >= 11 is 0. The molecule has 1 aromatic heterocycles. The Balaban J connectivity index is 1.99. The van der Waals surface area contributed by atoms with Gasteiger partial charge in [0.15, 0.2) is 6.04 Å². The smallest absolute Gasteiger partial charge is 0.410 e. The van der Waals surface area contributed by atoms with Crippen molar-refractivity contribution < 1.29 is 22.7 Å². The molecule has 0 spiro atoms. The molecule has 2 N–H and O–H groups in total. The summed E-state index contributed by atoms with van der Waals surface area (Å²) in [7, 11) is 1.52. The van der Waals surface area contributed by atoms with Gasteiger partial charge in [0.1, 0.15) is 17.1 Å². The van der Waals surface area contributed by atoms with Crippen molar-refractivity contribution in [2.75, 3.05) is 12.4 Å². The standard InChI is InChI=1S/C19H23F3N4O2/c1-18(2,3)25-17(27)13-10-23-26-15(19(20,21)22)9-14(24-16(13)26)11-5-7-12(28-4)8-6-11/h5-8,10,14-15,24H,9H2,1-4H3,(H,25,27)/t14-,15+/m1/s1. The Labute approximate surface area is 161 Å². The third-order valence-electron chi connectivity index (χ3n) is 4.49. The summed E-state index contributed by atoms with van der Waals surface area (Å²) in [5.74, 6) is 0.205. The minimum atomic E-state index is -4.49. The number of hydrogen-bond acceptors (Lipinski definition) is 4. The number of benzene rings is 1. The number of rotatable bonds is 3. The average Bonchev–Trinajstić information content (AvgIpc) is 3.02. The van der Waals surface area contributed by atoms with E-state index in [1.807, 2.05) is 0 Å². The Morgan fingerprint density at radius 1 is 1.25 bits per heavy atom. The molecule has 1 amide bonds. The highest BCUT2D eigenvalue weighted by Gasteiger charge is 2.47. The normalized spacial score (nSPS) is 19.5. The second-order valence-electron chi connectivity index (χ2n) is 7.82. The zero-order chi connectivity index (χ0) is 20.7. The highest BCUT2D eigenvalue weighted by Crippen LogP contribution is 2.44. The first-order valence-electron chi connectivity index (χ1n) is 8.87. The van der Waals surface area contributed by atoms with Gasteiger partial charge >= 0.3 is 6.18 Å². The molecular formula is C19H23F3N4O2. The number of aromatic nitrogens is 2. The molecule has 1 aliphatic rings. The SMILES string of the molecule is COc1ccc([C@H]2C[C@@H](C(F)(F)F)n3ncc(C(=O)NC(C)(C)C)c3N2)cc1. The van der Waals surface area contributed by atoms with Crippen LogP contribution in [0.15, 0.2) is 30.5 Å². The van der Waals surface area contributed by atoms with Gasteiger partial charge in [-0.2, -0.15) is 18.3 Å². The highest BCUT2D eigenvalue weighted by atomic mass is 19.4. The maximum Gasteiger partial charge on any atom is 0.410 e. The number of fused-ring (bicyclic) bond motifs is 1. The molecule has 6 nitrogen and oxygen atoms in total. The molecule has 0 aliphatic carbocycles. The summed E-state index contributed by atoms with van der Waals surface area (Å²) in [4.78, 5) is 12.6. The van der Waals surface area contributed by atoms with Gasteiger partial charge in [0.25, 0.3) is 5.91 Å². The molecule has 0 saturated carbocycles. The van der Waals surface area contributed by atoms with Crippen molar-refractivity contribution in [3.05, 3.63) is 41.6 Å². The first kappa shape index (κ1) is 20.0. The average molecular weight is 396 g/mol. The lowest BCUT2D eigenvalue weighted by molar-refractivity contribution is -0.173. The Bertz CT molecular complexity index is 854. The van der Waals surface area contributed by atoms with Crippen LogP contribution in [0.3, 0.4) is 0 Å². The quantitative estimate of drug-likeness (QED) is 0.820. The van der Waals surface area contributed by atoms with Gasteiger partial charge in [0.05, 0.1) is 19.3 Å². The molecule has 1 aliphatic heterocycles. The van der Waals surface area contributed by atoms with Crippen LogP contribution in [0.5, 0.6) is 5.75 Å². The number of alkyl halides is 3. The number of halogens is 3. The summed E-state index contributed by atoms with van der Waals surface area (Å²) in [6, 6.07) is 4.36. The molecule has 28 heavy (non-hydrogen) atoms. The van der Waals surface area contributed by atoms with E-state index in [2.05, 4.69) is 15.7 Å². The summed E-state index contributed by atoms with van der Waals surface area (Å²) in [5.41, 5.74) is 0.228. The third kappa shape index (κ3) is 4.07. The molecule has 2 atom stereocenters. The van der Waals surface area contributed by atoms with Crippen LogP contribution in [0.2, 0.25) is 0 Å². The number of carbonyl (C=O) groups is 1. The number of anilines is 1. The first-order valence-corrected chi connectivity index (χ1v) is 8.87. The van der Waals surface area contributed by atoms with E-state index in [-0.39, 0.29) is 17.8 Å². The summed E-state index contributed by atoms with van der Waals surface area (Å²) in [6.07, 6.45) is -3.55. The van der Waals surface area contributed by atoms with Crippen molar-refractivity contribution >= 4 is 11.7 Å². The lowest BCUT2D eigenvalue weighted by atomic mass is 9.96. The van der Waals surface area contributed by atoms with Crippen LogP contribution in [-0.4, -0.2) is 34.5 Å².